The van der Waals surface area contributed by atoms with E-state index in [9.17, 15) is 0 Å². The van der Waals surface area contributed by atoms with Crippen LogP contribution in [0.2, 0.25) is 0 Å². The van der Waals surface area contributed by atoms with E-state index in [4.69, 9.17) is 10.2 Å². The van der Waals surface area contributed by atoms with Crippen LogP contribution >= 0.6 is 0 Å². The van der Waals surface area contributed by atoms with E-state index in [2.05, 4.69) is 27.7 Å². The number of aliphatic hydroxyl groups is 2. The van der Waals surface area contributed by atoms with Gasteiger partial charge in [-0.15, -0.1) is 0 Å². The summed E-state index contributed by atoms with van der Waals surface area (Å²) in [6.45, 7) is 10.0. The number of rotatable bonds is 30. The van der Waals surface area contributed by atoms with Crippen molar-refractivity contribution in [1.29, 1.82) is 0 Å². The van der Waals surface area contributed by atoms with Gasteiger partial charge in [-0.2, -0.15) is 0 Å². The molecule has 0 saturated carbocycles. The highest BCUT2D eigenvalue weighted by Gasteiger charge is 1.97. The molecule has 0 saturated heterocycles. The second-order valence-corrected chi connectivity index (χ2v) is 13.0. The molecule has 0 atom stereocenters. The Kier molecular flexibility index (Phi) is 38.9. The van der Waals surface area contributed by atoms with Crippen LogP contribution in [-0.2, 0) is 0 Å². The van der Waals surface area contributed by atoms with Gasteiger partial charge in [-0.25, -0.2) is 0 Å². The van der Waals surface area contributed by atoms with Crippen LogP contribution < -0.4 is 0 Å². The smallest absolute Gasteiger partial charge is 0.0431 e. The van der Waals surface area contributed by atoms with Gasteiger partial charge in [0.25, 0.3) is 0 Å². The second kappa shape index (κ2) is 36.9. The molecule has 0 unspecified atom stereocenters. The van der Waals surface area contributed by atoms with Crippen molar-refractivity contribution in [3.8, 4) is 0 Å². The molecular weight excluding hydrogens is 464 g/mol. The SMILES string of the molecule is CC(C)CCCCCCCCCCCCCCCO.CC(C)CCCCCCCCCCCCCCCO. The van der Waals surface area contributed by atoms with Gasteiger partial charge < -0.3 is 10.2 Å². The molecule has 232 valence electrons. The molecule has 0 aliphatic heterocycles. The minimum atomic E-state index is 0.372. The summed E-state index contributed by atoms with van der Waals surface area (Å²) in [7, 11) is 0. The van der Waals surface area contributed by atoms with Crippen LogP contribution in [-0.4, -0.2) is 23.4 Å². The van der Waals surface area contributed by atoms with Crippen molar-refractivity contribution in [1.82, 2.24) is 0 Å². The van der Waals surface area contributed by atoms with Crippen LogP contribution in [0.5, 0.6) is 0 Å². The molecule has 0 amide bonds. The van der Waals surface area contributed by atoms with Crippen molar-refractivity contribution in [2.75, 3.05) is 13.2 Å². The van der Waals surface area contributed by atoms with Crippen LogP contribution in [0.25, 0.3) is 0 Å². The number of hydrogen-bond acceptors (Lipinski definition) is 2. The molecule has 0 bridgehead atoms. The lowest BCUT2D eigenvalue weighted by Gasteiger charge is -2.04. The Balaban J connectivity index is 0. The van der Waals surface area contributed by atoms with Crippen molar-refractivity contribution in [2.24, 2.45) is 11.8 Å². The fraction of sp³-hybridized carbons (Fsp3) is 1.00. The zero-order valence-electron chi connectivity index (χ0n) is 27.3. The maximum atomic E-state index is 8.67. The molecule has 2 N–H and O–H groups in total. The largest absolute Gasteiger partial charge is 0.396 e. The molecule has 0 aromatic rings. The van der Waals surface area contributed by atoms with E-state index in [1.807, 2.05) is 0 Å². The van der Waals surface area contributed by atoms with Gasteiger partial charge in [0.2, 0.25) is 0 Å². The van der Waals surface area contributed by atoms with Crippen molar-refractivity contribution in [2.45, 2.75) is 207 Å². The third-order valence-electron chi connectivity index (χ3n) is 7.88. The van der Waals surface area contributed by atoms with Gasteiger partial charge >= 0.3 is 0 Å². The van der Waals surface area contributed by atoms with Gasteiger partial charge in [-0.1, -0.05) is 195 Å². The number of aliphatic hydroxyl groups excluding tert-OH is 2. The van der Waals surface area contributed by atoms with Gasteiger partial charge in [-0.05, 0) is 24.7 Å². The topological polar surface area (TPSA) is 40.5 Å². The quantitative estimate of drug-likeness (QED) is 0.0889. The van der Waals surface area contributed by atoms with E-state index in [1.54, 1.807) is 0 Å². The highest BCUT2D eigenvalue weighted by atomic mass is 16.3. The van der Waals surface area contributed by atoms with E-state index < -0.39 is 0 Å². The molecule has 0 aliphatic carbocycles. The van der Waals surface area contributed by atoms with Crippen molar-refractivity contribution in [3.63, 3.8) is 0 Å². The molecule has 38 heavy (non-hydrogen) atoms. The molecule has 0 aromatic carbocycles. The van der Waals surface area contributed by atoms with E-state index >= 15 is 0 Å². The highest BCUT2D eigenvalue weighted by molar-refractivity contribution is 4.52. The lowest BCUT2D eigenvalue weighted by atomic mass is 10.0. The average Bonchev–Trinajstić information content (AvgIpc) is 2.89. The van der Waals surface area contributed by atoms with Gasteiger partial charge in [0, 0.05) is 13.2 Å². The molecule has 2 nitrogen and oxygen atoms in total. The van der Waals surface area contributed by atoms with E-state index in [-0.39, 0.29) is 0 Å². The molecular formula is C36H76O2. The summed E-state index contributed by atoms with van der Waals surface area (Å²) >= 11 is 0. The molecule has 0 fully saturated rings. The van der Waals surface area contributed by atoms with Crippen LogP contribution in [0.3, 0.4) is 0 Å². The fourth-order valence-electron chi connectivity index (χ4n) is 5.22. The fourth-order valence-corrected chi connectivity index (χ4v) is 5.22. The summed E-state index contributed by atoms with van der Waals surface area (Å²) in [5.74, 6) is 1.77. The Morgan fingerprint density at radius 2 is 0.421 bits per heavy atom. The van der Waals surface area contributed by atoms with Gasteiger partial charge in [0.1, 0.15) is 0 Å². The number of hydrogen-bond donors (Lipinski definition) is 2. The summed E-state index contributed by atoms with van der Waals surface area (Å²) in [6.07, 6.45) is 38.5. The van der Waals surface area contributed by atoms with E-state index in [1.165, 1.54) is 167 Å². The number of unbranched alkanes of at least 4 members (excludes halogenated alkanes) is 24. The van der Waals surface area contributed by atoms with Crippen LogP contribution in [0, 0.1) is 11.8 Å². The van der Waals surface area contributed by atoms with E-state index in [0.29, 0.717) is 13.2 Å². The Morgan fingerprint density at radius 1 is 0.263 bits per heavy atom. The Labute approximate surface area is 242 Å². The maximum absolute atomic E-state index is 8.67. The molecule has 2 heteroatoms. The molecule has 0 rings (SSSR count). The van der Waals surface area contributed by atoms with Gasteiger partial charge in [0.05, 0.1) is 0 Å². The van der Waals surface area contributed by atoms with Crippen LogP contribution in [0.15, 0.2) is 0 Å². The minimum Gasteiger partial charge on any atom is -0.396 e. The predicted molar refractivity (Wildman–Crippen MR) is 173 cm³/mol. The van der Waals surface area contributed by atoms with Gasteiger partial charge in [0.15, 0.2) is 0 Å². The minimum absolute atomic E-state index is 0.372. The first-order valence-corrected chi connectivity index (χ1v) is 17.8. The van der Waals surface area contributed by atoms with Gasteiger partial charge in [-0.3, -0.25) is 0 Å². The standard InChI is InChI=1S/2C18H38O/c2*1-18(2)16-14-12-10-8-6-4-3-5-7-9-11-13-15-17-19/h2*18-19H,3-17H2,1-2H3. The summed E-state index contributed by atoms with van der Waals surface area (Å²) in [5.41, 5.74) is 0. The first-order chi connectivity index (χ1) is 18.5. The highest BCUT2D eigenvalue weighted by Crippen LogP contribution is 2.15. The third kappa shape index (κ3) is 43.0. The summed E-state index contributed by atoms with van der Waals surface area (Å²) in [5, 5.41) is 17.3. The molecule has 0 aliphatic rings. The maximum Gasteiger partial charge on any atom is 0.0431 e. The lowest BCUT2D eigenvalue weighted by Crippen LogP contribution is -1.87. The second-order valence-electron chi connectivity index (χ2n) is 13.0. The molecule has 0 radical (unpaired) electrons. The van der Waals surface area contributed by atoms with Crippen molar-refractivity contribution in [3.05, 3.63) is 0 Å². The zero-order chi connectivity index (χ0) is 28.4. The summed E-state index contributed by atoms with van der Waals surface area (Å²) in [4.78, 5) is 0. The molecule has 0 aromatic heterocycles. The summed E-state index contributed by atoms with van der Waals surface area (Å²) in [6, 6.07) is 0. The monoisotopic (exact) mass is 541 g/mol. The Hall–Kier alpha value is -0.0800. The first-order valence-electron chi connectivity index (χ1n) is 17.8. The zero-order valence-corrected chi connectivity index (χ0v) is 27.3. The van der Waals surface area contributed by atoms with E-state index in [0.717, 1.165) is 24.7 Å². The summed E-state index contributed by atoms with van der Waals surface area (Å²) < 4.78 is 0. The predicted octanol–water partition coefficient (Wildman–Crippen LogP) is 12.2. The molecule has 0 spiro atoms. The third-order valence-corrected chi connectivity index (χ3v) is 7.88. The molecule has 0 heterocycles. The van der Waals surface area contributed by atoms with Crippen LogP contribution in [0.4, 0.5) is 0 Å². The van der Waals surface area contributed by atoms with Crippen molar-refractivity contribution >= 4 is 0 Å². The first kappa shape index (κ1) is 40.1. The Bertz CT molecular complexity index is 344. The average molecular weight is 541 g/mol. The Morgan fingerprint density at radius 3 is 0.579 bits per heavy atom. The lowest BCUT2D eigenvalue weighted by molar-refractivity contribution is 0.282. The van der Waals surface area contributed by atoms with Crippen LogP contribution in [0.1, 0.15) is 207 Å². The van der Waals surface area contributed by atoms with Crippen molar-refractivity contribution < 1.29 is 10.2 Å². The normalized spacial score (nSPS) is 11.4.